The summed E-state index contributed by atoms with van der Waals surface area (Å²) in [7, 11) is 1.76. The van der Waals surface area contributed by atoms with Crippen LogP contribution >= 0.6 is 0 Å². The standard InChI is InChI=1S/C14H26N2O2/c1-3-14(7-4-8-15-10-14)13(17)16-11-5-6-12(9-11)18-2/h11-12,15H,3-10H2,1-2H3,(H,16,17). The van der Waals surface area contributed by atoms with Crippen LogP contribution in [0.5, 0.6) is 0 Å². The predicted molar refractivity (Wildman–Crippen MR) is 71.4 cm³/mol. The Morgan fingerprint density at radius 2 is 2.33 bits per heavy atom. The molecule has 2 N–H and O–H groups in total. The fourth-order valence-corrected chi connectivity index (χ4v) is 3.25. The first kappa shape index (κ1) is 13.8. The molecule has 0 radical (unpaired) electrons. The maximum absolute atomic E-state index is 12.5. The van der Waals surface area contributed by atoms with Crippen LogP contribution < -0.4 is 10.6 Å². The lowest BCUT2D eigenvalue weighted by Gasteiger charge is -2.36. The summed E-state index contributed by atoms with van der Waals surface area (Å²) >= 11 is 0. The number of hydrogen-bond donors (Lipinski definition) is 2. The van der Waals surface area contributed by atoms with E-state index in [1.54, 1.807) is 7.11 Å². The number of nitrogens with one attached hydrogen (secondary N) is 2. The van der Waals surface area contributed by atoms with Gasteiger partial charge in [0.2, 0.25) is 5.91 Å². The number of piperidine rings is 1. The van der Waals surface area contributed by atoms with Gasteiger partial charge < -0.3 is 15.4 Å². The molecule has 1 aliphatic heterocycles. The van der Waals surface area contributed by atoms with E-state index < -0.39 is 0 Å². The third-order valence-electron chi connectivity index (χ3n) is 4.68. The molecule has 3 atom stereocenters. The number of hydrogen-bond acceptors (Lipinski definition) is 3. The van der Waals surface area contributed by atoms with Crippen molar-refractivity contribution in [2.24, 2.45) is 5.41 Å². The van der Waals surface area contributed by atoms with Crippen LogP contribution in [0.25, 0.3) is 0 Å². The van der Waals surface area contributed by atoms with Gasteiger partial charge in [-0.2, -0.15) is 0 Å². The number of amides is 1. The number of methoxy groups -OCH3 is 1. The van der Waals surface area contributed by atoms with Crippen LogP contribution in [0.3, 0.4) is 0 Å². The molecule has 2 fully saturated rings. The minimum atomic E-state index is -0.177. The van der Waals surface area contributed by atoms with Crippen LogP contribution in [0.15, 0.2) is 0 Å². The van der Waals surface area contributed by atoms with E-state index in [2.05, 4.69) is 17.6 Å². The van der Waals surface area contributed by atoms with E-state index in [0.717, 1.165) is 51.6 Å². The normalized spacial score (nSPS) is 36.6. The second-order valence-electron chi connectivity index (χ2n) is 5.76. The molecule has 2 rings (SSSR count). The molecule has 1 amide bonds. The van der Waals surface area contributed by atoms with Gasteiger partial charge in [-0.05, 0) is 45.1 Å². The molecule has 0 spiro atoms. The molecular weight excluding hydrogens is 228 g/mol. The smallest absolute Gasteiger partial charge is 0.227 e. The van der Waals surface area contributed by atoms with E-state index in [9.17, 15) is 4.79 Å². The molecule has 0 aromatic rings. The van der Waals surface area contributed by atoms with Crippen molar-refractivity contribution in [3.8, 4) is 0 Å². The fourth-order valence-electron chi connectivity index (χ4n) is 3.25. The van der Waals surface area contributed by atoms with E-state index >= 15 is 0 Å². The molecule has 1 heterocycles. The fraction of sp³-hybridized carbons (Fsp3) is 0.929. The van der Waals surface area contributed by atoms with Crippen LogP contribution in [0.4, 0.5) is 0 Å². The highest BCUT2D eigenvalue weighted by molar-refractivity contribution is 5.83. The van der Waals surface area contributed by atoms with Crippen molar-refractivity contribution in [3.63, 3.8) is 0 Å². The van der Waals surface area contributed by atoms with E-state index in [1.807, 2.05) is 0 Å². The Morgan fingerprint density at radius 3 is 2.89 bits per heavy atom. The van der Waals surface area contributed by atoms with Gasteiger partial charge in [0.25, 0.3) is 0 Å². The van der Waals surface area contributed by atoms with Crippen LogP contribution in [-0.2, 0) is 9.53 Å². The Balaban J connectivity index is 1.90. The minimum Gasteiger partial charge on any atom is -0.381 e. The third kappa shape index (κ3) is 2.86. The lowest BCUT2D eigenvalue weighted by Crippen LogP contribution is -2.52. The lowest BCUT2D eigenvalue weighted by molar-refractivity contribution is -0.133. The summed E-state index contributed by atoms with van der Waals surface area (Å²) in [5, 5.41) is 6.61. The number of carbonyl (C=O) groups excluding carboxylic acids is 1. The Kier molecular flexibility index (Phi) is 4.62. The Labute approximate surface area is 110 Å². The second-order valence-corrected chi connectivity index (χ2v) is 5.76. The van der Waals surface area contributed by atoms with Crippen molar-refractivity contribution in [2.45, 2.75) is 57.6 Å². The lowest BCUT2D eigenvalue weighted by atomic mass is 9.77. The third-order valence-corrected chi connectivity index (χ3v) is 4.68. The van der Waals surface area contributed by atoms with Gasteiger partial charge in [0.1, 0.15) is 0 Å². The van der Waals surface area contributed by atoms with Crippen molar-refractivity contribution < 1.29 is 9.53 Å². The number of ether oxygens (including phenoxy) is 1. The minimum absolute atomic E-state index is 0.177. The molecule has 1 saturated heterocycles. The van der Waals surface area contributed by atoms with Gasteiger partial charge in [0.15, 0.2) is 0 Å². The number of carbonyl (C=O) groups is 1. The largest absolute Gasteiger partial charge is 0.381 e. The average molecular weight is 254 g/mol. The van der Waals surface area contributed by atoms with E-state index in [4.69, 9.17) is 4.74 Å². The first-order valence-electron chi connectivity index (χ1n) is 7.24. The highest BCUT2D eigenvalue weighted by Gasteiger charge is 2.39. The van der Waals surface area contributed by atoms with Crippen LogP contribution in [-0.4, -0.2) is 38.3 Å². The Morgan fingerprint density at radius 1 is 1.50 bits per heavy atom. The van der Waals surface area contributed by atoms with Crippen LogP contribution in [0.1, 0.15) is 45.4 Å². The molecule has 2 aliphatic rings. The molecule has 0 bridgehead atoms. The summed E-state index contributed by atoms with van der Waals surface area (Å²) in [4.78, 5) is 12.5. The Bertz CT molecular complexity index is 288. The zero-order valence-corrected chi connectivity index (χ0v) is 11.6. The SMILES string of the molecule is CCC1(C(=O)NC2CCC(OC)C2)CCCNC1. The van der Waals surface area contributed by atoms with Gasteiger partial charge in [-0.1, -0.05) is 6.92 Å². The van der Waals surface area contributed by atoms with Gasteiger partial charge in [-0.15, -0.1) is 0 Å². The highest BCUT2D eigenvalue weighted by Crippen LogP contribution is 2.31. The van der Waals surface area contributed by atoms with Gasteiger partial charge in [0.05, 0.1) is 11.5 Å². The molecule has 0 aromatic carbocycles. The summed E-state index contributed by atoms with van der Waals surface area (Å²) in [5.74, 6) is 0.249. The topological polar surface area (TPSA) is 50.4 Å². The van der Waals surface area contributed by atoms with Crippen molar-refractivity contribution >= 4 is 5.91 Å². The summed E-state index contributed by atoms with van der Waals surface area (Å²) in [6.07, 6.45) is 6.46. The maximum Gasteiger partial charge on any atom is 0.227 e. The molecule has 1 saturated carbocycles. The first-order chi connectivity index (χ1) is 8.70. The molecule has 4 nitrogen and oxygen atoms in total. The van der Waals surface area contributed by atoms with Crippen molar-refractivity contribution in [1.29, 1.82) is 0 Å². The van der Waals surface area contributed by atoms with Gasteiger partial charge in [-0.3, -0.25) is 4.79 Å². The second kappa shape index (κ2) is 6.02. The van der Waals surface area contributed by atoms with Crippen molar-refractivity contribution in [1.82, 2.24) is 10.6 Å². The molecule has 18 heavy (non-hydrogen) atoms. The molecular formula is C14H26N2O2. The van der Waals surface area contributed by atoms with E-state index in [-0.39, 0.29) is 11.3 Å². The van der Waals surface area contributed by atoms with Crippen LogP contribution in [0.2, 0.25) is 0 Å². The Hall–Kier alpha value is -0.610. The molecule has 3 unspecified atom stereocenters. The average Bonchev–Trinajstić information content (AvgIpc) is 2.87. The summed E-state index contributed by atoms with van der Waals surface area (Å²) in [5.41, 5.74) is -0.177. The molecule has 4 heteroatoms. The van der Waals surface area contributed by atoms with Crippen molar-refractivity contribution in [2.75, 3.05) is 20.2 Å². The predicted octanol–water partition coefficient (Wildman–Crippen LogP) is 1.45. The van der Waals surface area contributed by atoms with Gasteiger partial charge in [0, 0.05) is 19.7 Å². The van der Waals surface area contributed by atoms with E-state index in [0.29, 0.717) is 12.1 Å². The monoisotopic (exact) mass is 254 g/mol. The highest BCUT2D eigenvalue weighted by atomic mass is 16.5. The summed E-state index contributed by atoms with van der Waals surface area (Å²) < 4.78 is 5.36. The molecule has 1 aliphatic carbocycles. The molecule has 104 valence electrons. The zero-order valence-electron chi connectivity index (χ0n) is 11.6. The zero-order chi connectivity index (χ0) is 13.0. The summed E-state index contributed by atoms with van der Waals surface area (Å²) in [6.45, 7) is 4.00. The first-order valence-corrected chi connectivity index (χ1v) is 7.24. The van der Waals surface area contributed by atoms with Gasteiger partial charge in [-0.25, -0.2) is 0 Å². The molecule has 0 aromatic heterocycles. The van der Waals surface area contributed by atoms with E-state index in [1.165, 1.54) is 0 Å². The number of rotatable bonds is 4. The van der Waals surface area contributed by atoms with Gasteiger partial charge >= 0.3 is 0 Å². The van der Waals surface area contributed by atoms with Crippen molar-refractivity contribution in [3.05, 3.63) is 0 Å². The van der Waals surface area contributed by atoms with Crippen LogP contribution in [0, 0.1) is 5.41 Å². The maximum atomic E-state index is 12.5. The summed E-state index contributed by atoms with van der Waals surface area (Å²) in [6, 6.07) is 0.313. The quantitative estimate of drug-likeness (QED) is 0.798.